The Morgan fingerprint density at radius 1 is 1.47 bits per heavy atom. The predicted molar refractivity (Wildman–Crippen MR) is 76.4 cm³/mol. The van der Waals surface area contributed by atoms with Crippen molar-refractivity contribution < 1.29 is 0 Å². The molecule has 0 fully saturated rings. The highest BCUT2D eigenvalue weighted by atomic mass is 79.9. The summed E-state index contributed by atoms with van der Waals surface area (Å²) in [5.74, 6) is 0. The van der Waals surface area contributed by atoms with Gasteiger partial charge in [0, 0.05) is 28.3 Å². The third kappa shape index (κ3) is 3.37. The number of rotatable bonds is 5. The molecule has 17 heavy (non-hydrogen) atoms. The summed E-state index contributed by atoms with van der Waals surface area (Å²) in [6.45, 7) is 3.10. The molecule has 2 rings (SSSR count). The summed E-state index contributed by atoms with van der Waals surface area (Å²) < 4.78 is 1.19. The smallest absolute Gasteiger partial charge is 0.0380 e. The van der Waals surface area contributed by atoms with Gasteiger partial charge >= 0.3 is 0 Å². The van der Waals surface area contributed by atoms with Gasteiger partial charge in [0.1, 0.15) is 0 Å². The number of hydrogen-bond acceptors (Lipinski definition) is 3. The summed E-state index contributed by atoms with van der Waals surface area (Å²) in [6.07, 6.45) is 4.72. The zero-order valence-electron chi connectivity index (χ0n) is 9.69. The van der Waals surface area contributed by atoms with Crippen LogP contribution in [0.15, 0.2) is 39.8 Å². The first-order chi connectivity index (χ1) is 8.31. The Morgan fingerprint density at radius 3 is 2.94 bits per heavy atom. The van der Waals surface area contributed by atoms with Gasteiger partial charge in [-0.15, -0.1) is 0 Å². The van der Waals surface area contributed by atoms with Crippen LogP contribution in [0.3, 0.4) is 0 Å². The van der Waals surface area contributed by atoms with Gasteiger partial charge in [0.2, 0.25) is 0 Å². The third-order valence-corrected chi connectivity index (χ3v) is 4.38. The van der Waals surface area contributed by atoms with E-state index in [9.17, 15) is 0 Å². The second-order valence-corrected chi connectivity index (χ2v) is 5.45. The SMILES string of the molecule is CCNC(Cc1cccnc1)c1cscc1Br. The summed E-state index contributed by atoms with van der Waals surface area (Å²) in [4.78, 5) is 4.16. The summed E-state index contributed by atoms with van der Waals surface area (Å²) in [7, 11) is 0. The minimum atomic E-state index is 0.352. The van der Waals surface area contributed by atoms with E-state index in [2.05, 4.69) is 50.0 Å². The number of hydrogen-bond donors (Lipinski definition) is 1. The second-order valence-electron chi connectivity index (χ2n) is 3.85. The number of likely N-dealkylation sites (N-methyl/N-ethyl adjacent to an activating group) is 1. The molecule has 2 aromatic heterocycles. The van der Waals surface area contributed by atoms with Gasteiger partial charge in [-0.2, -0.15) is 11.3 Å². The van der Waals surface area contributed by atoms with E-state index >= 15 is 0 Å². The molecule has 1 unspecified atom stereocenters. The maximum absolute atomic E-state index is 4.16. The fourth-order valence-corrected chi connectivity index (χ4v) is 3.46. The average molecular weight is 311 g/mol. The number of aromatic nitrogens is 1. The quantitative estimate of drug-likeness (QED) is 0.908. The molecule has 0 amide bonds. The van der Waals surface area contributed by atoms with E-state index in [1.807, 2.05) is 18.5 Å². The first-order valence-electron chi connectivity index (χ1n) is 5.65. The molecule has 0 aliphatic rings. The van der Waals surface area contributed by atoms with Gasteiger partial charge in [0.15, 0.2) is 0 Å². The van der Waals surface area contributed by atoms with E-state index in [1.54, 1.807) is 11.3 Å². The summed E-state index contributed by atoms with van der Waals surface area (Å²) in [5, 5.41) is 7.85. The number of thiophene rings is 1. The van der Waals surface area contributed by atoms with Crippen molar-refractivity contribution in [1.29, 1.82) is 0 Å². The van der Waals surface area contributed by atoms with E-state index in [0.717, 1.165) is 13.0 Å². The molecule has 1 N–H and O–H groups in total. The lowest BCUT2D eigenvalue weighted by Gasteiger charge is -2.17. The highest BCUT2D eigenvalue weighted by molar-refractivity contribution is 9.10. The van der Waals surface area contributed by atoms with Gasteiger partial charge in [0.25, 0.3) is 0 Å². The van der Waals surface area contributed by atoms with Crippen molar-refractivity contribution in [3.05, 3.63) is 50.9 Å². The van der Waals surface area contributed by atoms with Crippen molar-refractivity contribution in [2.24, 2.45) is 0 Å². The molecule has 2 aromatic rings. The molecule has 2 heterocycles. The second kappa shape index (κ2) is 6.28. The lowest BCUT2D eigenvalue weighted by atomic mass is 10.0. The summed E-state index contributed by atoms with van der Waals surface area (Å²) >= 11 is 5.33. The van der Waals surface area contributed by atoms with Gasteiger partial charge in [-0.3, -0.25) is 4.98 Å². The van der Waals surface area contributed by atoms with E-state index in [0.29, 0.717) is 6.04 Å². The summed E-state index contributed by atoms with van der Waals surface area (Å²) in [5.41, 5.74) is 2.59. The molecule has 1 atom stereocenters. The Labute approximate surface area is 114 Å². The third-order valence-electron chi connectivity index (χ3n) is 2.63. The molecule has 0 saturated carbocycles. The largest absolute Gasteiger partial charge is 0.310 e. The molecule has 0 spiro atoms. The number of nitrogens with zero attached hydrogens (tertiary/aromatic N) is 1. The number of halogens is 1. The van der Waals surface area contributed by atoms with Crippen LogP contribution in [0.2, 0.25) is 0 Å². The fourth-order valence-electron chi connectivity index (χ4n) is 1.83. The Bertz CT molecular complexity index is 455. The van der Waals surface area contributed by atoms with Crippen LogP contribution in [0.25, 0.3) is 0 Å². The molecule has 90 valence electrons. The van der Waals surface area contributed by atoms with Crippen molar-refractivity contribution in [3.8, 4) is 0 Å². The highest BCUT2D eigenvalue weighted by Crippen LogP contribution is 2.29. The van der Waals surface area contributed by atoms with Crippen molar-refractivity contribution in [3.63, 3.8) is 0 Å². The molecule has 0 aromatic carbocycles. The molecule has 2 nitrogen and oxygen atoms in total. The topological polar surface area (TPSA) is 24.9 Å². The minimum Gasteiger partial charge on any atom is -0.310 e. The fraction of sp³-hybridized carbons (Fsp3) is 0.308. The first-order valence-corrected chi connectivity index (χ1v) is 7.38. The molecule has 0 saturated heterocycles. The maximum Gasteiger partial charge on any atom is 0.0380 e. The predicted octanol–water partition coefficient (Wildman–Crippen LogP) is 3.80. The van der Waals surface area contributed by atoms with E-state index in [4.69, 9.17) is 0 Å². The molecule has 4 heteroatoms. The first kappa shape index (κ1) is 12.7. The monoisotopic (exact) mass is 310 g/mol. The van der Waals surface area contributed by atoms with Crippen molar-refractivity contribution >= 4 is 27.3 Å². The van der Waals surface area contributed by atoms with Gasteiger partial charge in [-0.25, -0.2) is 0 Å². The standard InChI is InChI=1S/C13H15BrN2S/c1-2-16-13(11-8-17-9-12(11)14)6-10-4-3-5-15-7-10/h3-5,7-9,13,16H,2,6H2,1H3. The highest BCUT2D eigenvalue weighted by Gasteiger charge is 2.14. The molecule has 0 bridgehead atoms. The van der Waals surface area contributed by atoms with E-state index in [1.165, 1.54) is 15.6 Å². The van der Waals surface area contributed by atoms with Gasteiger partial charge in [0.05, 0.1) is 0 Å². The Hall–Kier alpha value is -0.710. The molecule has 0 aliphatic carbocycles. The summed E-state index contributed by atoms with van der Waals surface area (Å²) in [6, 6.07) is 4.46. The molecule has 0 radical (unpaired) electrons. The van der Waals surface area contributed by atoms with Crippen molar-refractivity contribution in [2.45, 2.75) is 19.4 Å². The van der Waals surface area contributed by atoms with Crippen LogP contribution in [0.4, 0.5) is 0 Å². The van der Waals surface area contributed by atoms with Gasteiger partial charge < -0.3 is 5.32 Å². The van der Waals surface area contributed by atoms with Gasteiger partial charge in [-0.05, 0) is 51.5 Å². The van der Waals surface area contributed by atoms with Crippen LogP contribution < -0.4 is 5.32 Å². The lowest BCUT2D eigenvalue weighted by Crippen LogP contribution is -2.22. The maximum atomic E-state index is 4.16. The van der Waals surface area contributed by atoms with E-state index < -0.39 is 0 Å². The van der Waals surface area contributed by atoms with Crippen LogP contribution in [0.1, 0.15) is 24.1 Å². The van der Waals surface area contributed by atoms with Crippen LogP contribution in [0, 0.1) is 0 Å². The van der Waals surface area contributed by atoms with Crippen LogP contribution in [-0.4, -0.2) is 11.5 Å². The number of nitrogens with one attached hydrogen (secondary N) is 1. The minimum absolute atomic E-state index is 0.352. The van der Waals surface area contributed by atoms with Crippen LogP contribution >= 0.6 is 27.3 Å². The lowest BCUT2D eigenvalue weighted by molar-refractivity contribution is 0.549. The zero-order chi connectivity index (χ0) is 12.1. The van der Waals surface area contributed by atoms with Crippen LogP contribution in [0.5, 0.6) is 0 Å². The van der Waals surface area contributed by atoms with Crippen LogP contribution in [-0.2, 0) is 6.42 Å². The Kier molecular flexibility index (Phi) is 4.71. The average Bonchev–Trinajstić information content (AvgIpc) is 2.76. The zero-order valence-corrected chi connectivity index (χ0v) is 12.1. The molecule has 0 aliphatic heterocycles. The van der Waals surface area contributed by atoms with Gasteiger partial charge in [-0.1, -0.05) is 13.0 Å². The van der Waals surface area contributed by atoms with Crippen molar-refractivity contribution in [2.75, 3.05) is 6.54 Å². The Balaban J connectivity index is 2.16. The molecular formula is C13H15BrN2S. The Morgan fingerprint density at radius 2 is 2.35 bits per heavy atom. The van der Waals surface area contributed by atoms with E-state index in [-0.39, 0.29) is 0 Å². The number of pyridine rings is 1. The normalized spacial score (nSPS) is 12.6. The van der Waals surface area contributed by atoms with Crippen molar-refractivity contribution in [1.82, 2.24) is 10.3 Å². The molecular weight excluding hydrogens is 296 g/mol.